The molecule has 2 aromatic heterocycles. The summed E-state index contributed by atoms with van der Waals surface area (Å²) in [5.74, 6) is 1.98. The van der Waals surface area contributed by atoms with Crippen molar-refractivity contribution in [3.8, 4) is 28.6 Å². The maximum Gasteiger partial charge on any atom is 0.260 e. The molecular formula is C17H18N2O4S. The van der Waals surface area contributed by atoms with Gasteiger partial charge in [-0.2, -0.15) is 0 Å². The Kier molecular flexibility index (Phi) is 4.19. The van der Waals surface area contributed by atoms with E-state index in [0.717, 1.165) is 15.3 Å². The summed E-state index contributed by atoms with van der Waals surface area (Å²) in [5.41, 5.74) is 1.51. The number of H-pyrrole nitrogens is 1. The monoisotopic (exact) mass is 346 g/mol. The van der Waals surface area contributed by atoms with E-state index in [0.29, 0.717) is 34.0 Å². The van der Waals surface area contributed by atoms with E-state index >= 15 is 0 Å². The minimum Gasteiger partial charge on any atom is -0.493 e. The highest BCUT2D eigenvalue weighted by Gasteiger charge is 2.17. The summed E-state index contributed by atoms with van der Waals surface area (Å²) in [6.07, 6.45) is 0. The van der Waals surface area contributed by atoms with E-state index in [2.05, 4.69) is 9.97 Å². The Labute approximate surface area is 143 Å². The number of benzene rings is 1. The molecule has 2 heterocycles. The van der Waals surface area contributed by atoms with E-state index in [9.17, 15) is 4.79 Å². The van der Waals surface area contributed by atoms with Gasteiger partial charge in [0.2, 0.25) is 5.75 Å². The van der Waals surface area contributed by atoms with E-state index in [1.165, 1.54) is 11.3 Å². The van der Waals surface area contributed by atoms with Crippen LogP contribution in [0.15, 0.2) is 16.9 Å². The van der Waals surface area contributed by atoms with Crippen molar-refractivity contribution in [2.75, 3.05) is 21.3 Å². The molecule has 0 fully saturated rings. The Morgan fingerprint density at radius 3 is 2.21 bits per heavy atom. The molecule has 6 nitrogen and oxygen atoms in total. The number of hydrogen-bond acceptors (Lipinski definition) is 6. The van der Waals surface area contributed by atoms with Gasteiger partial charge in [-0.3, -0.25) is 4.79 Å². The molecule has 0 bridgehead atoms. The van der Waals surface area contributed by atoms with E-state index < -0.39 is 0 Å². The van der Waals surface area contributed by atoms with Gasteiger partial charge in [-0.05, 0) is 31.5 Å². The lowest BCUT2D eigenvalue weighted by Gasteiger charge is -2.13. The Morgan fingerprint density at radius 2 is 1.67 bits per heavy atom. The van der Waals surface area contributed by atoms with Gasteiger partial charge in [-0.1, -0.05) is 0 Å². The number of aromatic amines is 1. The third-order valence-corrected chi connectivity index (χ3v) is 5.08. The molecule has 3 rings (SSSR count). The molecule has 0 aliphatic carbocycles. The first-order valence-electron chi connectivity index (χ1n) is 7.30. The molecule has 3 aromatic rings. The number of ether oxygens (including phenoxy) is 3. The fourth-order valence-electron chi connectivity index (χ4n) is 2.61. The molecule has 24 heavy (non-hydrogen) atoms. The van der Waals surface area contributed by atoms with Gasteiger partial charge >= 0.3 is 0 Å². The number of thiophene rings is 1. The van der Waals surface area contributed by atoms with Crippen molar-refractivity contribution in [2.24, 2.45) is 0 Å². The molecular weight excluding hydrogens is 328 g/mol. The van der Waals surface area contributed by atoms with Crippen LogP contribution in [0.2, 0.25) is 0 Å². The van der Waals surface area contributed by atoms with E-state index in [1.54, 1.807) is 33.5 Å². The number of methoxy groups -OCH3 is 3. The first kappa shape index (κ1) is 16.3. The molecule has 0 atom stereocenters. The number of rotatable bonds is 4. The fourth-order valence-corrected chi connectivity index (χ4v) is 3.64. The summed E-state index contributed by atoms with van der Waals surface area (Å²) >= 11 is 1.51. The van der Waals surface area contributed by atoms with Gasteiger partial charge in [-0.15, -0.1) is 11.3 Å². The topological polar surface area (TPSA) is 73.4 Å². The minimum atomic E-state index is -0.148. The van der Waals surface area contributed by atoms with Crippen LogP contribution in [0.5, 0.6) is 17.2 Å². The maximum absolute atomic E-state index is 12.5. The standard InChI is InChI=1S/C17H18N2O4S/c1-8-9(2)24-17-13(8)16(20)18-15(19-17)10-6-11(21-3)14(23-5)12(7-10)22-4/h6-7H,1-5H3,(H,18,19,20). The van der Waals surface area contributed by atoms with E-state index in [-0.39, 0.29) is 5.56 Å². The Hall–Kier alpha value is -2.54. The van der Waals surface area contributed by atoms with Crippen LogP contribution in [0.4, 0.5) is 0 Å². The highest BCUT2D eigenvalue weighted by Crippen LogP contribution is 2.40. The van der Waals surface area contributed by atoms with Gasteiger partial charge in [0.15, 0.2) is 11.5 Å². The number of aryl methyl sites for hydroxylation is 2. The molecule has 0 unspecified atom stereocenters. The second kappa shape index (κ2) is 6.16. The zero-order valence-electron chi connectivity index (χ0n) is 14.1. The van der Waals surface area contributed by atoms with Crippen LogP contribution < -0.4 is 19.8 Å². The molecule has 0 saturated heterocycles. The Morgan fingerprint density at radius 1 is 1.04 bits per heavy atom. The van der Waals surface area contributed by atoms with E-state index in [1.807, 2.05) is 13.8 Å². The quantitative estimate of drug-likeness (QED) is 0.785. The van der Waals surface area contributed by atoms with Crippen LogP contribution in [-0.2, 0) is 0 Å². The predicted octanol–water partition coefficient (Wildman–Crippen LogP) is 3.29. The highest BCUT2D eigenvalue weighted by molar-refractivity contribution is 7.18. The number of nitrogens with one attached hydrogen (secondary N) is 1. The fraction of sp³-hybridized carbons (Fsp3) is 0.294. The molecule has 0 amide bonds. The number of fused-ring (bicyclic) bond motifs is 1. The van der Waals surface area contributed by atoms with Crippen LogP contribution >= 0.6 is 11.3 Å². The number of hydrogen-bond donors (Lipinski definition) is 1. The van der Waals surface area contributed by atoms with Crippen molar-refractivity contribution in [3.05, 3.63) is 32.9 Å². The molecule has 1 N–H and O–H groups in total. The van der Waals surface area contributed by atoms with Crippen LogP contribution in [0.25, 0.3) is 21.6 Å². The maximum atomic E-state index is 12.5. The highest BCUT2D eigenvalue weighted by atomic mass is 32.1. The lowest BCUT2D eigenvalue weighted by Crippen LogP contribution is -2.09. The zero-order chi connectivity index (χ0) is 17.4. The van der Waals surface area contributed by atoms with Crippen molar-refractivity contribution in [1.82, 2.24) is 9.97 Å². The van der Waals surface area contributed by atoms with Gasteiger partial charge < -0.3 is 19.2 Å². The summed E-state index contributed by atoms with van der Waals surface area (Å²) in [7, 11) is 4.64. The third-order valence-electron chi connectivity index (χ3n) is 3.98. The summed E-state index contributed by atoms with van der Waals surface area (Å²) in [4.78, 5) is 21.7. The average Bonchev–Trinajstić information content (AvgIpc) is 2.87. The summed E-state index contributed by atoms with van der Waals surface area (Å²) in [5, 5.41) is 0.647. The number of nitrogens with zero attached hydrogens (tertiary/aromatic N) is 1. The largest absolute Gasteiger partial charge is 0.493 e. The van der Waals surface area contributed by atoms with E-state index in [4.69, 9.17) is 14.2 Å². The molecule has 126 valence electrons. The summed E-state index contributed by atoms with van der Waals surface area (Å²) < 4.78 is 16.0. The second-order valence-corrected chi connectivity index (χ2v) is 6.50. The predicted molar refractivity (Wildman–Crippen MR) is 94.8 cm³/mol. The molecule has 7 heteroatoms. The molecule has 0 aliphatic rings. The van der Waals surface area contributed by atoms with Gasteiger partial charge in [0.25, 0.3) is 5.56 Å². The first-order chi connectivity index (χ1) is 11.5. The zero-order valence-corrected chi connectivity index (χ0v) is 15.0. The lowest BCUT2D eigenvalue weighted by molar-refractivity contribution is 0.324. The minimum absolute atomic E-state index is 0.148. The Bertz CT molecular complexity index is 950. The molecule has 1 aromatic carbocycles. The SMILES string of the molecule is COc1cc(-c2nc3sc(C)c(C)c3c(=O)[nH]2)cc(OC)c1OC. The summed E-state index contributed by atoms with van der Waals surface area (Å²) in [6, 6.07) is 3.53. The van der Waals surface area contributed by atoms with Crippen LogP contribution in [0.3, 0.4) is 0 Å². The molecule has 0 radical (unpaired) electrons. The smallest absolute Gasteiger partial charge is 0.260 e. The second-order valence-electron chi connectivity index (χ2n) is 5.29. The van der Waals surface area contributed by atoms with Gasteiger partial charge in [0.05, 0.1) is 26.7 Å². The lowest BCUT2D eigenvalue weighted by atomic mass is 10.1. The van der Waals surface area contributed by atoms with Crippen molar-refractivity contribution in [3.63, 3.8) is 0 Å². The first-order valence-corrected chi connectivity index (χ1v) is 8.12. The summed E-state index contributed by atoms with van der Waals surface area (Å²) in [6.45, 7) is 3.92. The van der Waals surface area contributed by atoms with Gasteiger partial charge in [0.1, 0.15) is 10.7 Å². The third kappa shape index (κ3) is 2.50. The normalized spacial score (nSPS) is 10.9. The molecule has 0 saturated carbocycles. The molecule has 0 spiro atoms. The van der Waals surface area contributed by atoms with Crippen molar-refractivity contribution >= 4 is 21.6 Å². The Balaban J connectivity index is 2.26. The average molecular weight is 346 g/mol. The van der Waals surface area contributed by atoms with Crippen molar-refractivity contribution < 1.29 is 14.2 Å². The molecule has 0 aliphatic heterocycles. The van der Waals surface area contributed by atoms with Crippen LogP contribution in [0, 0.1) is 13.8 Å². The van der Waals surface area contributed by atoms with Gasteiger partial charge in [0, 0.05) is 10.4 Å². The van der Waals surface area contributed by atoms with Crippen LogP contribution in [0.1, 0.15) is 10.4 Å². The van der Waals surface area contributed by atoms with Crippen molar-refractivity contribution in [1.29, 1.82) is 0 Å². The van der Waals surface area contributed by atoms with Gasteiger partial charge in [-0.25, -0.2) is 4.98 Å². The van der Waals surface area contributed by atoms with Crippen LogP contribution in [-0.4, -0.2) is 31.3 Å². The number of aromatic nitrogens is 2. The van der Waals surface area contributed by atoms with Crippen molar-refractivity contribution in [2.45, 2.75) is 13.8 Å².